The first-order valence-corrected chi connectivity index (χ1v) is 6.46. The summed E-state index contributed by atoms with van der Waals surface area (Å²) in [6.45, 7) is 0. The summed E-state index contributed by atoms with van der Waals surface area (Å²) in [7, 11) is 1.61. The van der Waals surface area contributed by atoms with Crippen molar-refractivity contribution in [3.05, 3.63) is 46.7 Å². The van der Waals surface area contributed by atoms with Crippen molar-refractivity contribution in [2.24, 2.45) is 0 Å². The van der Waals surface area contributed by atoms with Gasteiger partial charge in [0.05, 0.1) is 22.6 Å². The Balaban J connectivity index is 2.11. The summed E-state index contributed by atoms with van der Waals surface area (Å²) in [5, 5.41) is 0. The van der Waals surface area contributed by atoms with Crippen molar-refractivity contribution in [2.75, 3.05) is 7.11 Å². The first-order chi connectivity index (χ1) is 9.17. The largest absolute Gasteiger partial charge is 0.496 e. The Hall–Kier alpha value is -1.88. The van der Waals surface area contributed by atoms with Crippen molar-refractivity contribution in [3.8, 4) is 17.1 Å². The second kappa shape index (κ2) is 4.66. The smallest absolute Gasteiger partial charge is 0.138 e. The van der Waals surface area contributed by atoms with Crippen LogP contribution in [0.3, 0.4) is 0 Å². The van der Waals surface area contributed by atoms with Crippen molar-refractivity contribution in [1.29, 1.82) is 0 Å². The molecule has 0 atom stereocenters. The molecule has 0 bridgehead atoms. The minimum absolute atomic E-state index is 0.279. The molecule has 96 valence electrons. The van der Waals surface area contributed by atoms with Crippen LogP contribution in [-0.4, -0.2) is 17.1 Å². The van der Waals surface area contributed by atoms with Gasteiger partial charge in [0.1, 0.15) is 17.4 Å². The molecule has 1 aromatic heterocycles. The van der Waals surface area contributed by atoms with E-state index in [1.807, 2.05) is 18.2 Å². The number of nitrogens with zero attached hydrogens (tertiary/aromatic N) is 1. The fourth-order valence-electron chi connectivity index (χ4n) is 1.93. The Morgan fingerprint density at radius 3 is 2.79 bits per heavy atom. The molecule has 5 heteroatoms. The van der Waals surface area contributed by atoms with Crippen LogP contribution in [0.4, 0.5) is 4.39 Å². The second-order valence-electron chi connectivity index (χ2n) is 4.10. The van der Waals surface area contributed by atoms with E-state index in [0.717, 1.165) is 21.3 Å². The third kappa shape index (κ3) is 2.21. The van der Waals surface area contributed by atoms with E-state index in [4.69, 9.17) is 4.74 Å². The Labute approximate surface area is 117 Å². The molecule has 0 saturated carbocycles. The quantitative estimate of drug-likeness (QED) is 0.770. The van der Waals surface area contributed by atoms with Crippen LogP contribution in [0.15, 0.2) is 40.9 Å². The van der Waals surface area contributed by atoms with E-state index in [-0.39, 0.29) is 5.82 Å². The number of ether oxygens (including phenoxy) is 1. The molecule has 0 aliphatic heterocycles. The summed E-state index contributed by atoms with van der Waals surface area (Å²) >= 11 is 3.43. The number of benzene rings is 2. The summed E-state index contributed by atoms with van der Waals surface area (Å²) in [6.07, 6.45) is 0. The summed E-state index contributed by atoms with van der Waals surface area (Å²) in [6, 6.07) is 10.2. The highest BCUT2D eigenvalue weighted by molar-refractivity contribution is 9.10. The highest BCUT2D eigenvalue weighted by Crippen LogP contribution is 2.30. The number of methoxy groups -OCH3 is 1. The predicted molar refractivity (Wildman–Crippen MR) is 75.7 cm³/mol. The maximum atomic E-state index is 13.1. The zero-order valence-corrected chi connectivity index (χ0v) is 11.7. The van der Waals surface area contributed by atoms with Gasteiger partial charge in [-0.15, -0.1) is 0 Å². The third-order valence-corrected chi connectivity index (χ3v) is 3.49. The van der Waals surface area contributed by atoms with E-state index in [0.29, 0.717) is 11.3 Å². The molecule has 1 N–H and O–H groups in total. The number of rotatable bonds is 2. The summed E-state index contributed by atoms with van der Waals surface area (Å²) in [5.41, 5.74) is 2.33. The van der Waals surface area contributed by atoms with E-state index >= 15 is 0 Å². The van der Waals surface area contributed by atoms with Gasteiger partial charge in [0, 0.05) is 5.56 Å². The molecule has 0 fully saturated rings. The molecule has 1 heterocycles. The van der Waals surface area contributed by atoms with Crippen molar-refractivity contribution in [2.45, 2.75) is 0 Å². The maximum absolute atomic E-state index is 13.1. The molecule has 2 aromatic carbocycles. The number of hydrogen-bond acceptors (Lipinski definition) is 2. The van der Waals surface area contributed by atoms with Crippen LogP contribution >= 0.6 is 15.9 Å². The molecule has 3 rings (SSSR count). The number of aromatic amines is 1. The van der Waals surface area contributed by atoms with Gasteiger partial charge in [0.25, 0.3) is 0 Å². The molecule has 0 aliphatic carbocycles. The molecular weight excluding hydrogens is 311 g/mol. The van der Waals surface area contributed by atoms with E-state index in [1.54, 1.807) is 13.2 Å². The monoisotopic (exact) mass is 320 g/mol. The topological polar surface area (TPSA) is 37.9 Å². The van der Waals surface area contributed by atoms with Crippen LogP contribution in [-0.2, 0) is 0 Å². The first-order valence-electron chi connectivity index (χ1n) is 5.66. The Morgan fingerprint density at radius 1 is 1.21 bits per heavy atom. The molecule has 0 unspecified atom stereocenters. The van der Waals surface area contributed by atoms with Gasteiger partial charge in [0.2, 0.25) is 0 Å². The average molecular weight is 321 g/mol. The maximum Gasteiger partial charge on any atom is 0.138 e. The van der Waals surface area contributed by atoms with Gasteiger partial charge < -0.3 is 9.72 Å². The van der Waals surface area contributed by atoms with Crippen LogP contribution in [0.1, 0.15) is 0 Å². The van der Waals surface area contributed by atoms with E-state index < -0.39 is 0 Å². The van der Waals surface area contributed by atoms with Crippen molar-refractivity contribution < 1.29 is 9.13 Å². The van der Waals surface area contributed by atoms with E-state index in [1.165, 1.54) is 12.1 Å². The van der Waals surface area contributed by atoms with Crippen LogP contribution in [0.2, 0.25) is 0 Å². The van der Waals surface area contributed by atoms with Gasteiger partial charge >= 0.3 is 0 Å². The van der Waals surface area contributed by atoms with E-state index in [2.05, 4.69) is 25.9 Å². The SMILES string of the molecule is COc1ccc(-c2nc3ccc(F)cc3[nH]2)cc1Br. The van der Waals surface area contributed by atoms with Crippen molar-refractivity contribution in [3.63, 3.8) is 0 Å². The number of fused-ring (bicyclic) bond motifs is 1. The fourth-order valence-corrected chi connectivity index (χ4v) is 2.47. The van der Waals surface area contributed by atoms with E-state index in [9.17, 15) is 4.39 Å². The van der Waals surface area contributed by atoms with Crippen LogP contribution in [0, 0.1) is 5.82 Å². The molecule has 3 nitrogen and oxygen atoms in total. The summed E-state index contributed by atoms with van der Waals surface area (Å²) in [4.78, 5) is 7.54. The fraction of sp³-hybridized carbons (Fsp3) is 0.0714. The number of hydrogen-bond donors (Lipinski definition) is 1. The lowest BCUT2D eigenvalue weighted by atomic mass is 10.2. The molecular formula is C14H10BrFN2O. The van der Waals surface area contributed by atoms with Crippen molar-refractivity contribution in [1.82, 2.24) is 9.97 Å². The minimum Gasteiger partial charge on any atom is -0.496 e. The Bertz CT molecular complexity index is 754. The highest BCUT2D eigenvalue weighted by Gasteiger charge is 2.08. The first kappa shape index (κ1) is 12.2. The lowest BCUT2D eigenvalue weighted by Gasteiger charge is -2.04. The summed E-state index contributed by atoms with van der Waals surface area (Å²) in [5.74, 6) is 1.17. The van der Waals surface area contributed by atoms with Crippen molar-refractivity contribution >= 4 is 27.0 Å². The number of nitrogens with one attached hydrogen (secondary N) is 1. The zero-order valence-electron chi connectivity index (χ0n) is 10.1. The predicted octanol–water partition coefficient (Wildman–Crippen LogP) is 4.14. The standard InChI is InChI=1S/C14H10BrFN2O/c1-19-13-5-2-8(6-10(13)15)14-17-11-4-3-9(16)7-12(11)18-14/h2-7H,1H3,(H,17,18). The number of aromatic nitrogens is 2. The van der Waals surface area contributed by atoms with Gasteiger partial charge in [-0.3, -0.25) is 0 Å². The molecule has 3 aromatic rings. The van der Waals surface area contributed by atoms with Gasteiger partial charge in [-0.05, 0) is 52.3 Å². The van der Waals surface area contributed by atoms with Crippen LogP contribution < -0.4 is 4.74 Å². The Morgan fingerprint density at radius 2 is 2.05 bits per heavy atom. The minimum atomic E-state index is -0.279. The van der Waals surface area contributed by atoms with Gasteiger partial charge in [-0.2, -0.15) is 0 Å². The normalized spacial score (nSPS) is 10.9. The van der Waals surface area contributed by atoms with Gasteiger partial charge in [-0.1, -0.05) is 0 Å². The number of H-pyrrole nitrogens is 1. The third-order valence-electron chi connectivity index (χ3n) is 2.87. The lowest BCUT2D eigenvalue weighted by molar-refractivity contribution is 0.412. The molecule has 0 amide bonds. The molecule has 0 aliphatic rings. The number of halogens is 2. The highest BCUT2D eigenvalue weighted by atomic mass is 79.9. The van der Waals surface area contributed by atoms with Crippen LogP contribution in [0.25, 0.3) is 22.4 Å². The second-order valence-corrected chi connectivity index (χ2v) is 4.95. The Kier molecular flexibility index (Phi) is 2.98. The zero-order chi connectivity index (χ0) is 13.4. The van der Waals surface area contributed by atoms with Crippen LogP contribution in [0.5, 0.6) is 5.75 Å². The van der Waals surface area contributed by atoms with Gasteiger partial charge in [0.15, 0.2) is 0 Å². The average Bonchev–Trinajstić information content (AvgIpc) is 2.81. The molecule has 0 radical (unpaired) electrons. The lowest BCUT2D eigenvalue weighted by Crippen LogP contribution is -1.86. The molecule has 19 heavy (non-hydrogen) atoms. The van der Waals surface area contributed by atoms with Gasteiger partial charge in [-0.25, -0.2) is 9.37 Å². The summed E-state index contributed by atoms with van der Waals surface area (Å²) < 4.78 is 19.2. The molecule has 0 spiro atoms. The molecule has 0 saturated heterocycles. The number of imidazole rings is 1.